The van der Waals surface area contributed by atoms with Crippen LogP contribution in [0.5, 0.6) is 0 Å². The Hall–Kier alpha value is -1.01. The summed E-state index contributed by atoms with van der Waals surface area (Å²) in [6, 6.07) is 0. The van der Waals surface area contributed by atoms with Crippen LogP contribution in [-0.2, 0) is 0 Å². The number of aryl methyl sites for hydroxylation is 1. The zero-order valence-corrected chi connectivity index (χ0v) is 8.08. The van der Waals surface area contributed by atoms with E-state index in [2.05, 4.69) is 27.7 Å². The zero-order chi connectivity index (χ0) is 8.97. The van der Waals surface area contributed by atoms with Crippen molar-refractivity contribution in [2.24, 2.45) is 10.8 Å². The monoisotopic (exact) mass is 200 g/mol. The van der Waals surface area contributed by atoms with Crippen LogP contribution in [0.2, 0.25) is 0 Å². The van der Waals surface area contributed by atoms with Crippen LogP contribution in [-0.4, -0.2) is 16.3 Å². The molecule has 1 aromatic rings. The fourth-order valence-corrected chi connectivity index (χ4v) is 1.22. The molecule has 4 nitrogen and oxygen atoms in total. The molecule has 0 amide bonds. The van der Waals surface area contributed by atoms with Crippen molar-refractivity contribution in [1.29, 1.82) is 0 Å². The van der Waals surface area contributed by atoms with E-state index in [1.54, 1.807) is 17.6 Å². The minimum absolute atomic E-state index is 0.151. The maximum Gasteiger partial charge on any atom is 0.184 e. The van der Waals surface area contributed by atoms with E-state index in [-0.39, 0.29) is 5.11 Å². The van der Waals surface area contributed by atoms with Gasteiger partial charge >= 0.3 is 0 Å². The van der Waals surface area contributed by atoms with E-state index in [4.69, 9.17) is 5.73 Å². The molecule has 6 heteroatoms. The summed E-state index contributed by atoms with van der Waals surface area (Å²) in [4.78, 5) is 4.15. The topological polar surface area (TPSA) is 63.3 Å². The first kappa shape index (κ1) is 9.08. The minimum Gasteiger partial charge on any atom is -0.375 e. The Morgan fingerprint density at radius 1 is 1.92 bits per heavy atom. The second kappa shape index (κ2) is 4.13. The summed E-state index contributed by atoms with van der Waals surface area (Å²) in [5, 5.41) is 6.82. The van der Waals surface area contributed by atoms with Crippen LogP contribution in [0.4, 0.5) is 0 Å². The molecule has 3 N–H and O–H groups in total. The van der Waals surface area contributed by atoms with Crippen LogP contribution in [0.15, 0.2) is 10.5 Å². The molecule has 0 spiro atoms. The third-order valence-corrected chi connectivity index (χ3v) is 1.89. The van der Waals surface area contributed by atoms with E-state index in [1.807, 2.05) is 12.3 Å². The number of thiazole rings is 1. The molecule has 0 unspecified atom stereocenters. The van der Waals surface area contributed by atoms with E-state index in [9.17, 15) is 0 Å². The highest BCUT2D eigenvalue weighted by molar-refractivity contribution is 7.80. The number of rotatable bonds is 2. The highest BCUT2D eigenvalue weighted by Gasteiger charge is 1.92. The van der Waals surface area contributed by atoms with Crippen molar-refractivity contribution < 1.29 is 0 Å². The van der Waals surface area contributed by atoms with Crippen LogP contribution >= 0.6 is 23.6 Å². The molecule has 0 radical (unpaired) electrons. The Morgan fingerprint density at radius 2 is 2.67 bits per heavy atom. The fourth-order valence-electron chi connectivity index (χ4n) is 0.601. The first-order valence-corrected chi connectivity index (χ1v) is 4.48. The van der Waals surface area contributed by atoms with E-state index >= 15 is 0 Å². The Morgan fingerprint density at radius 3 is 3.17 bits per heavy atom. The van der Waals surface area contributed by atoms with Gasteiger partial charge in [-0.15, -0.1) is 11.3 Å². The van der Waals surface area contributed by atoms with Crippen molar-refractivity contribution in [3.8, 4) is 0 Å². The maximum atomic E-state index is 5.15. The lowest BCUT2D eigenvalue weighted by Crippen LogP contribution is -2.24. The van der Waals surface area contributed by atoms with E-state index in [0.29, 0.717) is 0 Å². The SMILES string of the molecule is Cc1nc(/C=N/NC(N)=S)cs1. The molecule has 0 aliphatic heterocycles. The largest absolute Gasteiger partial charge is 0.375 e. The Labute approximate surface area is 79.5 Å². The molecule has 1 heterocycles. The van der Waals surface area contributed by atoms with Gasteiger partial charge in [0.15, 0.2) is 5.11 Å². The quantitative estimate of drug-likeness (QED) is 0.417. The van der Waals surface area contributed by atoms with Gasteiger partial charge in [0.25, 0.3) is 0 Å². The molecular weight excluding hydrogens is 192 g/mol. The molecule has 0 aliphatic carbocycles. The number of thiocarbonyl (C=S) groups is 1. The van der Waals surface area contributed by atoms with Crippen molar-refractivity contribution in [3.63, 3.8) is 0 Å². The molecule has 0 aliphatic rings. The molecule has 12 heavy (non-hydrogen) atoms. The van der Waals surface area contributed by atoms with Crippen LogP contribution in [0.1, 0.15) is 10.7 Å². The van der Waals surface area contributed by atoms with Gasteiger partial charge in [0, 0.05) is 5.38 Å². The van der Waals surface area contributed by atoms with Crippen molar-refractivity contribution in [3.05, 3.63) is 16.1 Å². The van der Waals surface area contributed by atoms with Crippen molar-refractivity contribution >= 4 is 34.9 Å². The summed E-state index contributed by atoms with van der Waals surface area (Å²) in [5.74, 6) is 0. The molecule has 1 aromatic heterocycles. The second-order valence-corrected chi connectivity index (χ2v) is 3.53. The van der Waals surface area contributed by atoms with Gasteiger partial charge in [-0.25, -0.2) is 4.98 Å². The summed E-state index contributed by atoms with van der Waals surface area (Å²) < 4.78 is 0. The first-order valence-electron chi connectivity index (χ1n) is 3.19. The van der Waals surface area contributed by atoms with Gasteiger partial charge in [0.05, 0.1) is 16.9 Å². The van der Waals surface area contributed by atoms with Gasteiger partial charge in [0.2, 0.25) is 0 Å². The number of hydrogen-bond acceptors (Lipinski definition) is 4. The first-order chi connectivity index (χ1) is 5.68. The van der Waals surface area contributed by atoms with Crippen molar-refractivity contribution in [2.75, 3.05) is 0 Å². The molecule has 64 valence electrons. The minimum atomic E-state index is 0.151. The molecule has 0 fully saturated rings. The normalized spacial score (nSPS) is 10.4. The molecular formula is C6H8N4S2. The number of nitrogens with one attached hydrogen (secondary N) is 1. The average molecular weight is 200 g/mol. The maximum absolute atomic E-state index is 5.15. The lowest BCUT2D eigenvalue weighted by atomic mass is 10.5. The third kappa shape index (κ3) is 2.93. The molecule has 0 bridgehead atoms. The summed E-state index contributed by atoms with van der Waals surface area (Å²) in [5.41, 5.74) is 8.40. The molecule has 0 aromatic carbocycles. The number of hydrazone groups is 1. The third-order valence-electron chi connectivity index (χ3n) is 1.01. The van der Waals surface area contributed by atoms with Gasteiger partial charge in [0.1, 0.15) is 0 Å². The van der Waals surface area contributed by atoms with Crippen molar-refractivity contribution in [2.45, 2.75) is 6.92 Å². The van der Waals surface area contributed by atoms with Gasteiger partial charge in [-0.05, 0) is 19.1 Å². The van der Waals surface area contributed by atoms with Gasteiger partial charge in [-0.1, -0.05) is 0 Å². The van der Waals surface area contributed by atoms with E-state index in [1.165, 1.54) is 0 Å². The highest BCUT2D eigenvalue weighted by atomic mass is 32.1. The van der Waals surface area contributed by atoms with Crippen LogP contribution < -0.4 is 11.2 Å². The lowest BCUT2D eigenvalue weighted by Gasteiger charge is -1.90. The average Bonchev–Trinajstić information content (AvgIpc) is 2.35. The number of aromatic nitrogens is 1. The molecule has 0 atom stereocenters. The summed E-state index contributed by atoms with van der Waals surface area (Å²) >= 11 is 6.12. The number of nitrogens with two attached hydrogens (primary N) is 1. The lowest BCUT2D eigenvalue weighted by molar-refractivity contribution is 1.04. The van der Waals surface area contributed by atoms with Crippen LogP contribution in [0.3, 0.4) is 0 Å². The summed E-state index contributed by atoms with van der Waals surface area (Å²) in [7, 11) is 0. The standard InChI is InChI=1S/C6H8N4S2/c1-4-9-5(3-12-4)2-8-10-6(7)11/h2-3H,1H3,(H3,7,10,11)/b8-2+. The van der Waals surface area contributed by atoms with E-state index in [0.717, 1.165) is 10.7 Å². The van der Waals surface area contributed by atoms with Crippen LogP contribution in [0, 0.1) is 6.92 Å². The van der Waals surface area contributed by atoms with Gasteiger partial charge in [-0.3, -0.25) is 5.43 Å². The van der Waals surface area contributed by atoms with E-state index < -0.39 is 0 Å². The number of hydrogen-bond donors (Lipinski definition) is 2. The summed E-state index contributed by atoms with van der Waals surface area (Å²) in [6.45, 7) is 1.93. The van der Waals surface area contributed by atoms with Crippen molar-refractivity contribution in [1.82, 2.24) is 10.4 Å². The zero-order valence-electron chi connectivity index (χ0n) is 6.44. The Balaban J connectivity index is 2.52. The summed E-state index contributed by atoms with van der Waals surface area (Å²) in [6.07, 6.45) is 1.57. The van der Waals surface area contributed by atoms with Crippen LogP contribution in [0.25, 0.3) is 0 Å². The predicted molar refractivity (Wildman–Crippen MR) is 54.4 cm³/mol. The van der Waals surface area contributed by atoms with Gasteiger partial charge in [-0.2, -0.15) is 5.10 Å². The smallest absolute Gasteiger partial charge is 0.184 e. The predicted octanol–water partition coefficient (Wildman–Crippen LogP) is 0.619. The Kier molecular flexibility index (Phi) is 3.12. The van der Waals surface area contributed by atoms with Gasteiger partial charge < -0.3 is 5.73 Å². The number of nitrogens with zero attached hydrogens (tertiary/aromatic N) is 2. The molecule has 0 saturated carbocycles. The second-order valence-electron chi connectivity index (χ2n) is 2.03. The Bertz CT molecular complexity index is 304. The molecule has 1 rings (SSSR count). The molecule has 0 saturated heterocycles. The fraction of sp³-hybridized carbons (Fsp3) is 0.167. The highest BCUT2D eigenvalue weighted by Crippen LogP contribution is 2.04.